The molecule has 1 atom stereocenters. The standard InChI is InChI=1S/C13H20N4O/c1-3-14-9-11-5-4-6-15-12(11)17-8-7-16-13(18)10(17)2/h4-6,10,14H,3,7-9H2,1-2H3,(H,16,18). The zero-order valence-corrected chi connectivity index (χ0v) is 10.9. The van der Waals surface area contributed by atoms with Crippen LogP contribution in [0.3, 0.4) is 0 Å². The van der Waals surface area contributed by atoms with E-state index in [2.05, 4.69) is 33.5 Å². The van der Waals surface area contributed by atoms with Crippen molar-refractivity contribution in [2.45, 2.75) is 26.4 Å². The smallest absolute Gasteiger partial charge is 0.242 e. The molecular formula is C13H20N4O. The first kappa shape index (κ1) is 12.8. The summed E-state index contributed by atoms with van der Waals surface area (Å²) in [4.78, 5) is 18.2. The molecule has 1 unspecified atom stereocenters. The number of nitrogens with zero attached hydrogens (tertiary/aromatic N) is 2. The summed E-state index contributed by atoms with van der Waals surface area (Å²) in [5.74, 6) is 0.988. The third-order valence-electron chi connectivity index (χ3n) is 3.20. The van der Waals surface area contributed by atoms with Crippen LogP contribution in [0.5, 0.6) is 0 Å². The van der Waals surface area contributed by atoms with Crippen molar-refractivity contribution in [3.05, 3.63) is 23.9 Å². The summed E-state index contributed by atoms with van der Waals surface area (Å²) in [5.41, 5.74) is 1.14. The minimum absolute atomic E-state index is 0.0707. The fraction of sp³-hybridized carbons (Fsp3) is 0.538. The van der Waals surface area contributed by atoms with E-state index in [1.54, 1.807) is 6.20 Å². The molecule has 2 N–H and O–H groups in total. The summed E-state index contributed by atoms with van der Waals surface area (Å²) in [6.45, 7) is 7.19. The number of piperazine rings is 1. The second-order valence-corrected chi connectivity index (χ2v) is 4.43. The van der Waals surface area contributed by atoms with E-state index in [1.807, 2.05) is 13.0 Å². The lowest BCUT2D eigenvalue weighted by molar-refractivity contribution is -0.122. The fourth-order valence-electron chi connectivity index (χ4n) is 2.16. The molecule has 1 saturated heterocycles. The molecule has 1 aromatic heterocycles. The van der Waals surface area contributed by atoms with E-state index < -0.39 is 0 Å². The number of amides is 1. The number of anilines is 1. The number of hydrogen-bond donors (Lipinski definition) is 2. The van der Waals surface area contributed by atoms with E-state index >= 15 is 0 Å². The largest absolute Gasteiger partial charge is 0.353 e. The molecule has 0 radical (unpaired) electrons. The fourth-order valence-corrected chi connectivity index (χ4v) is 2.16. The molecular weight excluding hydrogens is 228 g/mol. The van der Waals surface area contributed by atoms with Crippen molar-refractivity contribution in [3.63, 3.8) is 0 Å². The molecule has 2 rings (SSSR count). The Hall–Kier alpha value is -1.62. The van der Waals surface area contributed by atoms with Gasteiger partial charge in [0.2, 0.25) is 5.91 Å². The van der Waals surface area contributed by atoms with Crippen LogP contribution in [0.2, 0.25) is 0 Å². The highest BCUT2D eigenvalue weighted by Gasteiger charge is 2.27. The van der Waals surface area contributed by atoms with Crippen molar-refractivity contribution in [1.82, 2.24) is 15.6 Å². The first-order chi connectivity index (χ1) is 8.74. The van der Waals surface area contributed by atoms with Crippen molar-refractivity contribution >= 4 is 11.7 Å². The molecule has 18 heavy (non-hydrogen) atoms. The number of hydrogen-bond acceptors (Lipinski definition) is 4. The van der Waals surface area contributed by atoms with Gasteiger partial charge in [0.05, 0.1) is 0 Å². The second kappa shape index (κ2) is 5.82. The molecule has 2 heterocycles. The van der Waals surface area contributed by atoms with Crippen molar-refractivity contribution in [2.75, 3.05) is 24.5 Å². The van der Waals surface area contributed by atoms with Gasteiger partial charge in [-0.25, -0.2) is 4.98 Å². The van der Waals surface area contributed by atoms with Crippen molar-refractivity contribution in [2.24, 2.45) is 0 Å². The van der Waals surface area contributed by atoms with Crippen molar-refractivity contribution in [1.29, 1.82) is 0 Å². The van der Waals surface area contributed by atoms with Crippen LogP contribution >= 0.6 is 0 Å². The molecule has 0 aliphatic carbocycles. The van der Waals surface area contributed by atoms with Gasteiger partial charge in [-0.15, -0.1) is 0 Å². The Morgan fingerprint density at radius 2 is 2.44 bits per heavy atom. The highest BCUT2D eigenvalue weighted by molar-refractivity contribution is 5.86. The van der Waals surface area contributed by atoms with Crippen LogP contribution in [-0.2, 0) is 11.3 Å². The van der Waals surface area contributed by atoms with E-state index in [4.69, 9.17) is 0 Å². The van der Waals surface area contributed by atoms with Gasteiger partial charge in [-0.1, -0.05) is 13.0 Å². The molecule has 1 aliphatic heterocycles. The number of pyridine rings is 1. The normalized spacial score (nSPS) is 19.8. The Morgan fingerprint density at radius 1 is 1.61 bits per heavy atom. The molecule has 1 amide bonds. The third kappa shape index (κ3) is 2.61. The quantitative estimate of drug-likeness (QED) is 0.815. The number of nitrogens with one attached hydrogen (secondary N) is 2. The highest BCUT2D eigenvalue weighted by Crippen LogP contribution is 2.20. The number of carbonyl (C=O) groups is 1. The summed E-state index contributed by atoms with van der Waals surface area (Å²) in [5, 5.41) is 6.17. The predicted molar refractivity (Wildman–Crippen MR) is 71.4 cm³/mol. The van der Waals surface area contributed by atoms with E-state index in [-0.39, 0.29) is 11.9 Å². The van der Waals surface area contributed by atoms with Gasteiger partial charge in [-0.2, -0.15) is 0 Å². The maximum absolute atomic E-state index is 11.7. The molecule has 1 fully saturated rings. The first-order valence-corrected chi connectivity index (χ1v) is 6.43. The van der Waals surface area contributed by atoms with E-state index in [9.17, 15) is 4.79 Å². The van der Waals surface area contributed by atoms with Crippen molar-refractivity contribution < 1.29 is 4.79 Å². The molecule has 5 heteroatoms. The summed E-state index contributed by atoms with van der Waals surface area (Å²) >= 11 is 0. The van der Waals surface area contributed by atoms with Crippen LogP contribution in [0, 0.1) is 0 Å². The van der Waals surface area contributed by atoms with E-state index in [0.717, 1.165) is 31.0 Å². The molecule has 1 aliphatic rings. The Morgan fingerprint density at radius 3 is 3.22 bits per heavy atom. The topological polar surface area (TPSA) is 57.3 Å². The summed E-state index contributed by atoms with van der Waals surface area (Å²) in [6, 6.07) is 3.84. The Bertz CT molecular complexity index is 421. The number of carbonyl (C=O) groups excluding carboxylic acids is 1. The molecule has 98 valence electrons. The summed E-state index contributed by atoms with van der Waals surface area (Å²) < 4.78 is 0. The average molecular weight is 248 g/mol. The number of rotatable bonds is 4. The zero-order chi connectivity index (χ0) is 13.0. The highest BCUT2D eigenvalue weighted by atomic mass is 16.2. The predicted octanol–water partition coefficient (Wildman–Crippen LogP) is 0.516. The lowest BCUT2D eigenvalue weighted by Gasteiger charge is -2.34. The summed E-state index contributed by atoms with van der Waals surface area (Å²) in [7, 11) is 0. The van der Waals surface area contributed by atoms with Gasteiger partial charge in [0, 0.05) is 31.4 Å². The average Bonchev–Trinajstić information content (AvgIpc) is 2.40. The molecule has 0 spiro atoms. The Kier molecular flexibility index (Phi) is 4.15. The van der Waals surface area contributed by atoms with Gasteiger partial charge in [0.1, 0.15) is 11.9 Å². The summed E-state index contributed by atoms with van der Waals surface area (Å²) in [6.07, 6.45) is 1.78. The van der Waals surface area contributed by atoms with Crippen LogP contribution < -0.4 is 15.5 Å². The van der Waals surface area contributed by atoms with Crippen molar-refractivity contribution in [3.8, 4) is 0 Å². The van der Waals surface area contributed by atoms with Crippen LogP contribution in [0.25, 0.3) is 0 Å². The minimum Gasteiger partial charge on any atom is -0.353 e. The molecule has 0 saturated carbocycles. The monoisotopic (exact) mass is 248 g/mol. The minimum atomic E-state index is -0.158. The van der Waals surface area contributed by atoms with Gasteiger partial charge in [0.25, 0.3) is 0 Å². The van der Waals surface area contributed by atoms with Gasteiger partial charge in [-0.3, -0.25) is 4.79 Å². The molecule has 1 aromatic rings. The van der Waals surface area contributed by atoms with Gasteiger partial charge < -0.3 is 15.5 Å². The number of aromatic nitrogens is 1. The van der Waals surface area contributed by atoms with Crippen LogP contribution in [0.4, 0.5) is 5.82 Å². The zero-order valence-electron chi connectivity index (χ0n) is 10.9. The van der Waals surface area contributed by atoms with E-state index in [1.165, 1.54) is 0 Å². The molecule has 0 aromatic carbocycles. The lowest BCUT2D eigenvalue weighted by Crippen LogP contribution is -2.54. The second-order valence-electron chi connectivity index (χ2n) is 4.43. The van der Waals surface area contributed by atoms with Crippen LogP contribution in [-0.4, -0.2) is 36.6 Å². The Balaban J connectivity index is 2.23. The first-order valence-electron chi connectivity index (χ1n) is 6.43. The molecule has 5 nitrogen and oxygen atoms in total. The lowest BCUT2D eigenvalue weighted by atomic mass is 10.1. The maximum atomic E-state index is 11.7. The Labute approximate surface area is 108 Å². The molecule has 0 bridgehead atoms. The van der Waals surface area contributed by atoms with Gasteiger partial charge in [0.15, 0.2) is 0 Å². The van der Waals surface area contributed by atoms with E-state index in [0.29, 0.717) is 6.54 Å². The maximum Gasteiger partial charge on any atom is 0.242 e. The SMILES string of the molecule is CCNCc1cccnc1N1CCNC(=O)C1C. The third-order valence-corrected chi connectivity index (χ3v) is 3.20. The van der Waals surface area contributed by atoms with Crippen LogP contribution in [0.1, 0.15) is 19.4 Å². The van der Waals surface area contributed by atoms with Gasteiger partial charge in [-0.05, 0) is 19.5 Å². The van der Waals surface area contributed by atoms with Gasteiger partial charge >= 0.3 is 0 Å². The van der Waals surface area contributed by atoms with Crippen LogP contribution in [0.15, 0.2) is 18.3 Å².